The summed E-state index contributed by atoms with van der Waals surface area (Å²) in [4.78, 5) is 15.3. The van der Waals surface area contributed by atoms with Crippen molar-refractivity contribution in [3.63, 3.8) is 0 Å². The van der Waals surface area contributed by atoms with Gasteiger partial charge < -0.3 is 5.32 Å². The van der Waals surface area contributed by atoms with Crippen molar-refractivity contribution in [1.82, 2.24) is 10.2 Å². The molecule has 0 saturated carbocycles. The second kappa shape index (κ2) is 10.6. The van der Waals surface area contributed by atoms with Crippen molar-refractivity contribution in [2.75, 3.05) is 13.1 Å². The Morgan fingerprint density at radius 3 is 2.43 bits per heavy atom. The lowest BCUT2D eigenvalue weighted by atomic mass is 9.83. The molecule has 0 spiro atoms. The van der Waals surface area contributed by atoms with Gasteiger partial charge in [-0.1, -0.05) is 54.6 Å². The largest absolute Gasteiger partial charge is 0.416 e. The molecule has 1 amide bonds. The molecular formula is C28H28F4N2O. The monoisotopic (exact) mass is 484 g/mol. The molecule has 1 aliphatic heterocycles. The minimum atomic E-state index is -4.43. The average molecular weight is 485 g/mol. The molecule has 184 valence electrons. The number of rotatable bonds is 6. The minimum absolute atomic E-state index is 0.0261. The molecule has 0 aromatic heterocycles. The van der Waals surface area contributed by atoms with Crippen LogP contribution in [0.2, 0.25) is 0 Å². The van der Waals surface area contributed by atoms with Gasteiger partial charge in [0.05, 0.1) is 11.5 Å². The molecule has 0 aliphatic carbocycles. The first-order chi connectivity index (χ1) is 16.7. The molecule has 1 fully saturated rings. The third kappa shape index (κ3) is 6.48. The number of likely N-dealkylation sites (tertiary alicyclic amines) is 1. The number of piperidine rings is 1. The number of nitrogens with one attached hydrogen (secondary N) is 1. The second-order valence-electron chi connectivity index (χ2n) is 9.23. The molecule has 0 bridgehead atoms. The average Bonchev–Trinajstić information content (AvgIpc) is 2.84. The zero-order valence-corrected chi connectivity index (χ0v) is 19.5. The van der Waals surface area contributed by atoms with Crippen LogP contribution in [-0.2, 0) is 24.1 Å². The molecule has 1 heterocycles. The fourth-order valence-electron chi connectivity index (χ4n) is 4.71. The van der Waals surface area contributed by atoms with Crippen LogP contribution in [0.1, 0.15) is 40.2 Å². The summed E-state index contributed by atoms with van der Waals surface area (Å²) >= 11 is 0. The first-order valence-electron chi connectivity index (χ1n) is 11.6. The van der Waals surface area contributed by atoms with Crippen LogP contribution in [0.3, 0.4) is 0 Å². The molecule has 1 saturated heterocycles. The fraction of sp³-hybridized carbons (Fsp3) is 0.321. The van der Waals surface area contributed by atoms with E-state index in [1.54, 1.807) is 19.1 Å². The van der Waals surface area contributed by atoms with Crippen LogP contribution in [-0.4, -0.2) is 23.9 Å². The Morgan fingerprint density at radius 2 is 1.71 bits per heavy atom. The number of halogens is 4. The summed E-state index contributed by atoms with van der Waals surface area (Å²) in [6.07, 6.45) is -3.84. The van der Waals surface area contributed by atoms with Crippen LogP contribution in [0.4, 0.5) is 17.6 Å². The number of alkyl halides is 3. The van der Waals surface area contributed by atoms with Crippen molar-refractivity contribution in [2.24, 2.45) is 5.92 Å². The summed E-state index contributed by atoms with van der Waals surface area (Å²) < 4.78 is 52.9. The number of hydrogen-bond acceptors (Lipinski definition) is 2. The van der Waals surface area contributed by atoms with E-state index in [1.807, 2.05) is 36.4 Å². The predicted molar refractivity (Wildman–Crippen MR) is 127 cm³/mol. The fourth-order valence-corrected chi connectivity index (χ4v) is 4.71. The van der Waals surface area contributed by atoms with Gasteiger partial charge in [-0.25, -0.2) is 4.39 Å². The molecule has 4 rings (SSSR count). The van der Waals surface area contributed by atoms with Crippen molar-refractivity contribution in [1.29, 1.82) is 0 Å². The summed E-state index contributed by atoms with van der Waals surface area (Å²) in [5.41, 5.74) is 2.34. The number of hydrogen-bond donors (Lipinski definition) is 1. The van der Waals surface area contributed by atoms with Gasteiger partial charge in [0.1, 0.15) is 5.82 Å². The first-order valence-corrected chi connectivity index (χ1v) is 11.6. The summed E-state index contributed by atoms with van der Waals surface area (Å²) in [5.74, 6) is -0.755. The lowest BCUT2D eigenvalue weighted by Crippen LogP contribution is -2.45. The van der Waals surface area contributed by atoms with E-state index in [4.69, 9.17) is 0 Å². The van der Waals surface area contributed by atoms with Crippen LogP contribution in [0.25, 0.3) is 0 Å². The van der Waals surface area contributed by atoms with Crippen molar-refractivity contribution in [3.8, 4) is 0 Å². The van der Waals surface area contributed by atoms with E-state index in [0.717, 1.165) is 29.8 Å². The van der Waals surface area contributed by atoms with Crippen LogP contribution in [0, 0.1) is 18.7 Å². The highest BCUT2D eigenvalue weighted by Crippen LogP contribution is 2.33. The third-order valence-electron chi connectivity index (χ3n) is 6.52. The van der Waals surface area contributed by atoms with Gasteiger partial charge in [0.2, 0.25) is 5.91 Å². The van der Waals surface area contributed by atoms with Gasteiger partial charge >= 0.3 is 6.18 Å². The Morgan fingerprint density at radius 1 is 0.971 bits per heavy atom. The van der Waals surface area contributed by atoms with E-state index in [9.17, 15) is 22.4 Å². The molecule has 0 radical (unpaired) electrons. The summed E-state index contributed by atoms with van der Waals surface area (Å²) in [6.45, 7) is 3.70. The van der Waals surface area contributed by atoms with Crippen LogP contribution < -0.4 is 5.32 Å². The van der Waals surface area contributed by atoms with Crippen molar-refractivity contribution < 1.29 is 22.4 Å². The van der Waals surface area contributed by atoms with E-state index >= 15 is 0 Å². The highest BCUT2D eigenvalue weighted by atomic mass is 19.4. The van der Waals surface area contributed by atoms with Crippen molar-refractivity contribution in [3.05, 3.63) is 106 Å². The number of nitrogens with zero attached hydrogens (tertiary/aromatic N) is 1. The Balaban J connectivity index is 1.49. The van der Waals surface area contributed by atoms with Gasteiger partial charge in [0.25, 0.3) is 0 Å². The normalized spacial score (nSPS) is 18.9. The Labute approximate surface area is 202 Å². The Bertz CT molecular complexity index is 1160. The molecule has 35 heavy (non-hydrogen) atoms. The van der Waals surface area contributed by atoms with Crippen molar-refractivity contribution >= 4 is 5.91 Å². The molecule has 3 nitrogen and oxygen atoms in total. The molecule has 2 unspecified atom stereocenters. The van der Waals surface area contributed by atoms with Crippen molar-refractivity contribution in [2.45, 2.75) is 38.5 Å². The topological polar surface area (TPSA) is 32.3 Å². The summed E-state index contributed by atoms with van der Waals surface area (Å²) in [5, 5.41) is 2.83. The third-order valence-corrected chi connectivity index (χ3v) is 6.52. The zero-order chi connectivity index (χ0) is 25.0. The van der Waals surface area contributed by atoms with Gasteiger partial charge in [-0.15, -0.1) is 0 Å². The summed E-state index contributed by atoms with van der Waals surface area (Å²) in [6, 6.07) is 20.0. The Hall–Kier alpha value is -3.19. The van der Waals surface area contributed by atoms with Crippen LogP contribution in [0.15, 0.2) is 72.8 Å². The van der Waals surface area contributed by atoms with Crippen LogP contribution in [0.5, 0.6) is 0 Å². The maximum atomic E-state index is 13.9. The van der Waals surface area contributed by atoms with Gasteiger partial charge in [-0.3, -0.25) is 9.69 Å². The van der Waals surface area contributed by atoms with E-state index in [0.29, 0.717) is 30.6 Å². The van der Waals surface area contributed by atoms with Gasteiger partial charge in [0.15, 0.2) is 0 Å². The molecule has 7 heteroatoms. The molecule has 3 aromatic carbocycles. The zero-order valence-electron chi connectivity index (χ0n) is 19.5. The second-order valence-corrected chi connectivity index (χ2v) is 9.23. The van der Waals surface area contributed by atoms with Gasteiger partial charge in [-0.05, 0) is 59.7 Å². The molecular weight excluding hydrogens is 456 g/mol. The summed E-state index contributed by atoms with van der Waals surface area (Å²) in [7, 11) is 0. The molecule has 3 aromatic rings. The van der Waals surface area contributed by atoms with E-state index in [-0.39, 0.29) is 30.1 Å². The predicted octanol–water partition coefficient (Wildman–Crippen LogP) is 6.08. The number of carbonyl (C=O) groups excluding carboxylic acids is 1. The smallest absolute Gasteiger partial charge is 0.352 e. The first kappa shape index (κ1) is 24.9. The lowest BCUT2D eigenvalue weighted by molar-refractivity contribution is -0.137. The maximum Gasteiger partial charge on any atom is 0.416 e. The van der Waals surface area contributed by atoms with Gasteiger partial charge in [0, 0.05) is 26.2 Å². The van der Waals surface area contributed by atoms with Gasteiger partial charge in [-0.2, -0.15) is 13.2 Å². The Kier molecular flexibility index (Phi) is 7.55. The minimum Gasteiger partial charge on any atom is -0.352 e. The highest BCUT2D eigenvalue weighted by Gasteiger charge is 2.33. The number of benzene rings is 3. The van der Waals surface area contributed by atoms with E-state index in [2.05, 4.69) is 10.2 Å². The lowest BCUT2D eigenvalue weighted by Gasteiger charge is -2.37. The van der Waals surface area contributed by atoms with E-state index in [1.165, 1.54) is 12.1 Å². The molecule has 1 aliphatic rings. The number of amides is 1. The SMILES string of the molecule is Cc1cc(C2CC(C(=O)NCc3cccc(C(F)(F)F)c3)CN(Cc3ccccc3)C2)ccc1F. The van der Waals surface area contributed by atoms with Crippen LogP contribution >= 0.6 is 0 Å². The highest BCUT2D eigenvalue weighted by molar-refractivity contribution is 5.79. The number of aryl methyl sites for hydroxylation is 1. The number of carbonyl (C=O) groups is 1. The molecule has 2 atom stereocenters. The molecule has 1 N–H and O–H groups in total. The standard InChI is InChI=1S/C28H28F4N2O/c1-19-12-22(10-11-26(19)29)23-14-24(18-34(17-23)16-20-6-3-2-4-7-20)27(35)33-15-21-8-5-9-25(13-21)28(30,31)32/h2-13,23-24H,14-18H2,1H3,(H,33,35). The van der Waals surface area contributed by atoms with E-state index < -0.39 is 11.7 Å². The quantitative estimate of drug-likeness (QED) is 0.431. The maximum absolute atomic E-state index is 13.9.